The topological polar surface area (TPSA) is 99.4 Å². The summed E-state index contributed by atoms with van der Waals surface area (Å²) < 4.78 is 44.3. The van der Waals surface area contributed by atoms with Gasteiger partial charge in [-0.2, -0.15) is 0 Å². The summed E-state index contributed by atoms with van der Waals surface area (Å²) in [6, 6.07) is 11.7. The van der Waals surface area contributed by atoms with Crippen LogP contribution in [0.5, 0.6) is 5.88 Å². The van der Waals surface area contributed by atoms with E-state index >= 15 is 8.78 Å². The van der Waals surface area contributed by atoms with Crippen LogP contribution in [0.15, 0.2) is 54.7 Å². The van der Waals surface area contributed by atoms with Crippen molar-refractivity contribution in [2.45, 2.75) is 32.1 Å². The third kappa shape index (κ3) is 5.40. The Morgan fingerprint density at radius 3 is 2.75 bits per heavy atom. The number of carboxylic acids is 1. The minimum atomic E-state index is -1.06. The molecule has 5 aromatic rings. The minimum absolute atomic E-state index is 0.000208. The number of hydrogen-bond acceptors (Lipinski definition) is 7. The molecule has 0 bridgehead atoms. The number of thiazole rings is 1. The highest BCUT2D eigenvalue weighted by Gasteiger charge is 2.23. The summed E-state index contributed by atoms with van der Waals surface area (Å²) in [4.78, 5) is 24.6. The zero-order valence-electron chi connectivity index (χ0n) is 20.8. The number of halogens is 3. The van der Waals surface area contributed by atoms with E-state index in [1.165, 1.54) is 29.7 Å². The van der Waals surface area contributed by atoms with E-state index in [1.54, 1.807) is 24.3 Å². The molecule has 8 nitrogen and oxygen atoms in total. The first-order chi connectivity index (χ1) is 19.3. The van der Waals surface area contributed by atoms with Crippen LogP contribution in [0.2, 0.25) is 4.34 Å². The van der Waals surface area contributed by atoms with Crippen LogP contribution in [0, 0.1) is 11.6 Å². The molecule has 1 N–H and O–H groups in total. The smallest absolute Gasteiger partial charge is 0.335 e. The summed E-state index contributed by atoms with van der Waals surface area (Å²) in [5.41, 5.74) is 1.60. The van der Waals surface area contributed by atoms with Crippen LogP contribution in [0.3, 0.4) is 0 Å². The van der Waals surface area contributed by atoms with Gasteiger partial charge in [0.1, 0.15) is 33.4 Å². The molecule has 1 atom stereocenters. The Kier molecular flexibility index (Phi) is 7.18. The molecule has 0 amide bonds. The summed E-state index contributed by atoms with van der Waals surface area (Å²) >= 11 is 7.17. The van der Waals surface area contributed by atoms with E-state index in [0.717, 1.165) is 18.6 Å². The van der Waals surface area contributed by atoms with E-state index in [9.17, 15) is 9.90 Å². The van der Waals surface area contributed by atoms with Gasteiger partial charge < -0.3 is 19.1 Å². The van der Waals surface area contributed by atoms with Gasteiger partial charge >= 0.3 is 5.97 Å². The molecule has 0 aliphatic carbocycles. The number of imidazole rings is 1. The van der Waals surface area contributed by atoms with E-state index in [1.807, 2.05) is 4.57 Å². The highest BCUT2D eigenvalue weighted by Crippen LogP contribution is 2.29. The number of aromatic carboxylic acids is 1. The highest BCUT2D eigenvalue weighted by atomic mass is 35.5. The number of carboxylic acid groups (broad SMARTS) is 1. The monoisotopic (exact) mass is 582 g/mol. The summed E-state index contributed by atoms with van der Waals surface area (Å²) in [5.74, 6) is -1.61. The van der Waals surface area contributed by atoms with Crippen molar-refractivity contribution in [3.8, 4) is 17.1 Å². The maximum atomic E-state index is 15.4. The van der Waals surface area contributed by atoms with E-state index in [-0.39, 0.29) is 47.4 Å². The number of pyridine rings is 1. The molecule has 1 saturated heterocycles. The Morgan fingerprint density at radius 2 is 2.02 bits per heavy atom. The SMILES string of the molecule is O=C(O)c1ccc2nc(Cc3cc(F)c(-c4cccc(OCc5ncc(Cl)s5)n4)cc3F)n(CC3CCO3)c2c1. The van der Waals surface area contributed by atoms with Gasteiger partial charge in [-0.3, -0.25) is 0 Å². The normalized spacial score (nSPS) is 14.8. The molecule has 0 saturated carbocycles. The zero-order chi connectivity index (χ0) is 27.8. The lowest BCUT2D eigenvalue weighted by atomic mass is 10.0. The van der Waals surface area contributed by atoms with E-state index in [0.29, 0.717) is 39.4 Å². The molecule has 12 heteroatoms. The van der Waals surface area contributed by atoms with Gasteiger partial charge in [0.15, 0.2) is 0 Å². The van der Waals surface area contributed by atoms with Crippen LogP contribution >= 0.6 is 22.9 Å². The predicted molar refractivity (Wildman–Crippen MR) is 145 cm³/mol. The van der Waals surface area contributed by atoms with Gasteiger partial charge in [0, 0.05) is 24.7 Å². The van der Waals surface area contributed by atoms with E-state index in [2.05, 4.69) is 15.0 Å². The van der Waals surface area contributed by atoms with Crippen molar-refractivity contribution in [3.05, 3.63) is 92.7 Å². The van der Waals surface area contributed by atoms with Gasteiger partial charge in [-0.15, -0.1) is 11.3 Å². The standard InChI is InChI=1S/C28H21ClF2N4O4S/c29-24-12-32-27(40-24)14-39-26-3-1-2-21(34-26)18-11-19(30)16(8-20(18)31)10-25-33-22-5-4-15(28(36)37)9-23(22)35(25)13-17-6-7-38-17/h1-5,8-9,11-12,17H,6-7,10,13-14H2,(H,36,37). The van der Waals surface area contributed by atoms with Crippen LogP contribution < -0.4 is 4.74 Å². The molecule has 1 aliphatic rings. The number of fused-ring (bicyclic) bond motifs is 1. The zero-order valence-corrected chi connectivity index (χ0v) is 22.4. The van der Waals surface area contributed by atoms with Crippen LogP contribution in [0.1, 0.15) is 33.2 Å². The molecule has 4 heterocycles. The quantitative estimate of drug-likeness (QED) is 0.223. The largest absolute Gasteiger partial charge is 0.478 e. The lowest BCUT2D eigenvalue weighted by molar-refractivity contribution is -0.0589. The molecule has 0 radical (unpaired) electrons. The van der Waals surface area contributed by atoms with Gasteiger partial charge in [0.05, 0.1) is 41.1 Å². The number of nitrogens with zero attached hydrogens (tertiary/aromatic N) is 4. The number of rotatable bonds is 9. The number of hydrogen-bond donors (Lipinski definition) is 1. The van der Waals surface area contributed by atoms with Gasteiger partial charge in [0.25, 0.3) is 0 Å². The third-order valence-electron chi connectivity index (χ3n) is 6.61. The molecular weight excluding hydrogens is 562 g/mol. The highest BCUT2D eigenvalue weighted by molar-refractivity contribution is 7.15. The minimum Gasteiger partial charge on any atom is -0.478 e. The second-order valence-corrected chi connectivity index (χ2v) is 11.0. The number of carbonyl (C=O) groups is 1. The molecule has 1 unspecified atom stereocenters. The lowest BCUT2D eigenvalue weighted by Gasteiger charge is -2.27. The van der Waals surface area contributed by atoms with E-state index < -0.39 is 17.6 Å². The summed E-state index contributed by atoms with van der Waals surface area (Å²) in [5, 5.41) is 10.1. The number of aromatic nitrogens is 4. The Labute approximate surface area is 235 Å². The van der Waals surface area contributed by atoms with Crippen LogP contribution in [-0.2, 0) is 24.3 Å². The Balaban J connectivity index is 1.28. The molecule has 0 spiro atoms. The molecule has 6 rings (SSSR count). The molecule has 1 fully saturated rings. The van der Waals surface area contributed by atoms with Crippen molar-refractivity contribution in [3.63, 3.8) is 0 Å². The third-order valence-corrected chi connectivity index (χ3v) is 7.70. The molecular formula is C28H21ClF2N4O4S. The average molecular weight is 583 g/mol. The maximum absolute atomic E-state index is 15.4. The van der Waals surface area contributed by atoms with Gasteiger partial charge in [0.2, 0.25) is 5.88 Å². The van der Waals surface area contributed by atoms with E-state index in [4.69, 9.17) is 21.1 Å². The van der Waals surface area contributed by atoms with Crippen molar-refractivity contribution >= 4 is 39.9 Å². The molecule has 204 valence electrons. The predicted octanol–water partition coefficient (Wildman–Crippen LogP) is 6.14. The van der Waals surface area contributed by atoms with Crippen LogP contribution in [-0.4, -0.2) is 43.3 Å². The first-order valence-electron chi connectivity index (χ1n) is 12.4. The first-order valence-corrected chi connectivity index (χ1v) is 13.6. The summed E-state index contributed by atoms with van der Waals surface area (Å²) in [6.07, 6.45) is 2.32. The second kappa shape index (κ2) is 10.9. The molecule has 3 aromatic heterocycles. The molecule has 2 aromatic carbocycles. The molecule has 1 aliphatic heterocycles. The van der Waals surface area contributed by atoms with Crippen molar-refractivity contribution < 1.29 is 28.2 Å². The maximum Gasteiger partial charge on any atom is 0.335 e. The number of benzene rings is 2. The first kappa shape index (κ1) is 26.3. The van der Waals surface area contributed by atoms with Gasteiger partial charge in [-0.1, -0.05) is 17.7 Å². The average Bonchev–Trinajstić information content (AvgIpc) is 3.49. The summed E-state index contributed by atoms with van der Waals surface area (Å²) in [7, 11) is 0. The van der Waals surface area contributed by atoms with Gasteiger partial charge in [-0.25, -0.2) is 28.5 Å². The fourth-order valence-electron chi connectivity index (χ4n) is 4.50. The second-order valence-electron chi connectivity index (χ2n) is 9.24. The summed E-state index contributed by atoms with van der Waals surface area (Å²) in [6.45, 7) is 1.22. The Hall–Kier alpha value is -3.93. The van der Waals surface area contributed by atoms with Gasteiger partial charge in [-0.05, 0) is 48.4 Å². The fourth-order valence-corrected chi connectivity index (χ4v) is 5.37. The number of ether oxygens (including phenoxy) is 2. The van der Waals surface area contributed by atoms with Crippen LogP contribution in [0.4, 0.5) is 8.78 Å². The lowest BCUT2D eigenvalue weighted by Crippen LogP contribution is -2.31. The fraction of sp³-hybridized carbons (Fsp3) is 0.214. The Bertz CT molecular complexity index is 1740. The Morgan fingerprint density at radius 1 is 1.18 bits per heavy atom. The van der Waals surface area contributed by atoms with Crippen molar-refractivity contribution in [2.24, 2.45) is 0 Å². The van der Waals surface area contributed by atoms with Crippen molar-refractivity contribution in [1.29, 1.82) is 0 Å². The van der Waals surface area contributed by atoms with Crippen molar-refractivity contribution in [2.75, 3.05) is 6.61 Å². The molecule has 40 heavy (non-hydrogen) atoms. The van der Waals surface area contributed by atoms with Crippen LogP contribution in [0.25, 0.3) is 22.3 Å². The van der Waals surface area contributed by atoms with Crippen molar-refractivity contribution in [1.82, 2.24) is 19.5 Å².